The van der Waals surface area contributed by atoms with Crippen LogP contribution >= 0.6 is 0 Å². The van der Waals surface area contributed by atoms with Crippen LogP contribution in [0.5, 0.6) is 5.75 Å². The fourth-order valence-corrected chi connectivity index (χ4v) is 2.78. The summed E-state index contributed by atoms with van der Waals surface area (Å²) in [5, 5.41) is 3.35. The van der Waals surface area contributed by atoms with E-state index in [4.69, 9.17) is 4.74 Å². The van der Waals surface area contributed by atoms with Crippen molar-refractivity contribution in [3.8, 4) is 5.75 Å². The number of hydrogen-bond acceptors (Lipinski definition) is 4. The highest BCUT2D eigenvalue weighted by atomic mass is 16.5. The van der Waals surface area contributed by atoms with Crippen LogP contribution in [0.1, 0.15) is 13.3 Å². The number of hydrogen-bond donors (Lipinski definition) is 1. The first-order valence-electron chi connectivity index (χ1n) is 7.32. The molecule has 1 N–H and O–H groups in total. The number of carbonyl (C=O) groups is 1. The highest BCUT2D eigenvalue weighted by Crippen LogP contribution is 2.35. The van der Waals surface area contributed by atoms with Crippen molar-refractivity contribution in [2.75, 3.05) is 49.1 Å². The van der Waals surface area contributed by atoms with Gasteiger partial charge in [-0.15, -0.1) is 0 Å². The highest BCUT2D eigenvalue weighted by Gasteiger charge is 2.25. The Morgan fingerprint density at radius 1 is 1.30 bits per heavy atom. The second-order valence-corrected chi connectivity index (χ2v) is 5.22. The highest BCUT2D eigenvalue weighted by molar-refractivity contribution is 5.98. The molecule has 2 heterocycles. The zero-order valence-electron chi connectivity index (χ0n) is 11.9. The Bertz CT molecular complexity index is 498. The van der Waals surface area contributed by atoms with E-state index < -0.39 is 0 Å². The fraction of sp³-hybridized carbons (Fsp3) is 0.533. The minimum Gasteiger partial charge on any atom is -0.482 e. The van der Waals surface area contributed by atoms with E-state index in [9.17, 15) is 4.79 Å². The van der Waals surface area contributed by atoms with Gasteiger partial charge in [-0.2, -0.15) is 0 Å². The molecule has 20 heavy (non-hydrogen) atoms. The first-order chi connectivity index (χ1) is 9.79. The fourth-order valence-electron chi connectivity index (χ4n) is 2.78. The Hall–Kier alpha value is -1.75. The van der Waals surface area contributed by atoms with E-state index >= 15 is 0 Å². The Morgan fingerprint density at radius 3 is 2.85 bits per heavy atom. The van der Waals surface area contributed by atoms with Gasteiger partial charge in [0.15, 0.2) is 6.61 Å². The average molecular weight is 275 g/mol. The maximum Gasteiger partial charge on any atom is 0.265 e. The number of ether oxygens (including phenoxy) is 1. The van der Waals surface area contributed by atoms with Crippen LogP contribution < -0.4 is 19.9 Å². The molecule has 0 bridgehead atoms. The van der Waals surface area contributed by atoms with Crippen LogP contribution in [0.15, 0.2) is 18.2 Å². The van der Waals surface area contributed by atoms with Crippen molar-refractivity contribution in [1.82, 2.24) is 5.32 Å². The summed E-state index contributed by atoms with van der Waals surface area (Å²) in [4.78, 5) is 16.2. The third-order valence-corrected chi connectivity index (χ3v) is 3.81. The van der Waals surface area contributed by atoms with Crippen LogP contribution in [-0.2, 0) is 4.79 Å². The van der Waals surface area contributed by atoms with Crippen LogP contribution in [0.2, 0.25) is 0 Å². The van der Waals surface area contributed by atoms with Crippen molar-refractivity contribution in [1.29, 1.82) is 0 Å². The van der Waals surface area contributed by atoms with Crippen molar-refractivity contribution in [3.05, 3.63) is 18.2 Å². The number of piperazine rings is 1. The maximum atomic E-state index is 12.0. The van der Waals surface area contributed by atoms with Gasteiger partial charge in [0.1, 0.15) is 5.75 Å². The molecule has 3 rings (SSSR count). The number of amides is 1. The first kappa shape index (κ1) is 13.2. The molecule has 1 aromatic rings. The van der Waals surface area contributed by atoms with E-state index in [2.05, 4.69) is 29.3 Å². The number of nitrogens with zero attached hydrogens (tertiary/aromatic N) is 2. The molecule has 108 valence electrons. The second-order valence-electron chi connectivity index (χ2n) is 5.22. The maximum absolute atomic E-state index is 12.0. The van der Waals surface area contributed by atoms with Gasteiger partial charge < -0.3 is 19.9 Å². The van der Waals surface area contributed by atoms with Gasteiger partial charge in [0.25, 0.3) is 5.91 Å². The summed E-state index contributed by atoms with van der Waals surface area (Å²) in [7, 11) is 0. The third-order valence-electron chi connectivity index (χ3n) is 3.81. The van der Waals surface area contributed by atoms with Gasteiger partial charge in [0.05, 0.1) is 5.69 Å². The van der Waals surface area contributed by atoms with Gasteiger partial charge in [-0.3, -0.25) is 4.79 Å². The number of benzene rings is 1. The topological polar surface area (TPSA) is 44.8 Å². The molecule has 1 saturated heterocycles. The zero-order chi connectivity index (χ0) is 13.9. The number of fused-ring (bicyclic) bond motifs is 1. The van der Waals surface area contributed by atoms with Crippen LogP contribution in [-0.4, -0.2) is 45.2 Å². The van der Waals surface area contributed by atoms with Gasteiger partial charge in [0.2, 0.25) is 0 Å². The normalized spacial score (nSPS) is 18.8. The SMILES string of the molecule is CCCN1C(=O)COc2ccc(N3CCNCC3)cc21. The van der Waals surface area contributed by atoms with Crippen molar-refractivity contribution >= 4 is 17.3 Å². The molecule has 5 nitrogen and oxygen atoms in total. The van der Waals surface area contributed by atoms with E-state index in [0.717, 1.165) is 50.6 Å². The summed E-state index contributed by atoms with van der Waals surface area (Å²) in [6.45, 7) is 7.00. The number of carbonyl (C=O) groups excluding carboxylic acids is 1. The molecule has 2 aliphatic heterocycles. The van der Waals surface area contributed by atoms with Gasteiger partial charge in [-0.1, -0.05) is 6.92 Å². The molecule has 0 aromatic heterocycles. The van der Waals surface area contributed by atoms with E-state index in [-0.39, 0.29) is 12.5 Å². The average Bonchev–Trinajstić information content (AvgIpc) is 2.51. The minimum atomic E-state index is 0.0526. The molecule has 0 radical (unpaired) electrons. The molecule has 1 amide bonds. The van der Waals surface area contributed by atoms with E-state index in [1.807, 2.05) is 11.0 Å². The van der Waals surface area contributed by atoms with Gasteiger partial charge in [-0.25, -0.2) is 0 Å². The lowest BCUT2D eigenvalue weighted by atomic mass is 10.1. The number of nitrogens with one attached hydrogen (secondary N) is 1. The monoisotopic (exact) mass is 275 g/mol. The minimum absolute atomic E-state index is 0.0526. The van der Waals surface area contributed by atoms with E-state index in [1.54, 1.807) is 0 Å². The molecule has 0 unspecified atom stereocenters. The largest absolute Gasteiger partial charge is 0.482 e. The molecule has 0 atom stereocenters. The quantitative estimate of drug-likeness (QED) is 0.901. The summed E-state index contributed by atoms with van der Waals surface area (Å²) < 4.78 is 5.53. The van der Waals surface area contributed by atoms with E-state index in [0.29, 0.717) is 0 Å². The van der Waals surface area contributed by atoms with Crippen molar-refractivity contribution in [2.24, 2.45) is 0 Å². The summed E-state index contributed by atoms with van der Waals surface area (Å²) in [6, 6.07) is 6.17. The smallest absolute Gasteiger partial charge is 0.265 e. The van der Waals surface area contributed by atoms with Crippen LogP contribution in [0.4, 0.5) is 11.4 Å². The summed E-state index contributed by atoms with van der Waals surface area (Å²) in [5.41, 5.74) is 2.09. The third kappa shape index (κ3) is 2.45. The first-order valence-corrected chi connectivity index (χ1v) is 7.32. The van der Waals surface area contributed by atoms with Gasteiger partial charge in [0, 0.05) is 38.4 Å². The molecule has 0 spiro atoms. The zero-order valence-corrected chi connectivity index (χ0v) is 11.9. The van der Waals surface area contributed by atoms with Crippen molar-refractivity contribution in [3.63, 3.8) is 0 Å². The lowest BCUT2D eigenvalue weighted by Gasteiger charge is -2.33. The predicted octanol–water partition coefficient (Wildman–Crippen LogP) is 1.23. The Kier molecular flexibility index (Phi) is 3.78. The molecule has 2 aliphatic rings. The Morgan fingerprint density at radius 2 is 2.10 bits per heavy atom. The Labute approximate surface area is 119 Å². The van der Waals surface area contributed by atoms with Crippen molar-refractivity contribution in [2.45, 2.75) is 13.3 Å². The molecule has 1 fully saturated rings. The van der Waals surface area contributed by atoms with Crippen LogP contribution in [0.25, 0.3) is 0 Å². The molecule has 0 saturated carbocycles. The summed E-state index contributed by atoms with van der Waals surface area (Å²) in [5.74, 6) is 0.869. The van der Waals surface area contributed by atoms with Crippen LogP contribution in [0.3, 0.4) is 0 Å². The summed E-state index contributed by atoms with van der Waals surface area (Å²) in [6.07, 6.45) is 0.947. The molecular weight excluding hydrogens is 254 g/mol. The predicted molar refractivity (Wildman–Crippen MR) is 79.7 cm³/mol. The van der Waals surface area contributed by atoms with Gasteiger partial charge >= 0.3 is 0 Å². The molecular formula is C15H21N3O2. The van der Waals surface area contributed by atoms with Gasteiger partial charge in [-0.05, 0) is 24.6 Å². The van der Waals surface area contributed by atoms with E-state index in [1.165, 1.54) is 5.69 Å². The lowest BCUT2D eigenvalue weighted by molar-refractivity contribution is -0.121. The number of rotatable bonds is 3. The molecule has 1 aromatic carbocycles. The van der Waals surface area contributed by atoms with Crippen molar-refractivity contribution < 1.29 is 9.53 Å². The molecule has 5 heteroatoms. The Balaban J connectivity index is 1.90. The second kappa shape index (κ2) is 5.71. The number of anilines is 2. The van der Waals surface area contributed by atoms with Crippen LogP contribution in [0, 0.1) is 0 Å². The standard InChI is InChI=1S/C15H21N3O2/c1-2-7-18-13-10-12(17-8-5-16-6-9-17)3-4-14(13)20-11-15(18)19/h3-4,10,16H,2,5-9,11H2,1H3. The summed E-state index contributed by atoms with van der Waals surface area (Å²) >= 11 is 0. The lowest BCUT2D eigenvalue weighted by Crippen LogP contribution is -2.44. The molecule has 0 aliphatic carbocycles.